The van der Waals surface area contributed by atoms with Gasteiger partial charge in [0, 0.05) is 28.7 Å². The normalized spacial score (nSPS) is 20.8. The van der Waals surface area contributed by atoms with Crippen molar-refractivity contribution in [1.29, 1.82) is 0 Å². The third-order valence-corrected chi connectivity index (χ3v) is 4.57. The molecule has 2 rings (SSSR count). The molecule has 1 aromatic carbocycles. The number of amides is 1. The Labute approximate surface area is 130 Å². The van der Waals surface area contributed by atoms with Crippen LogP contribution in [0, 0.1) is 0 Å². The molecule has 2 atom stereocenters. The van der Waals surface area contributed by atoms with Gasteiger partial charge in [0.2, 0.25) is 5.91 Å². The zero-order valence-electron chi connectivity index (χ0n) is 11.6. The molecule has 1 saturated heterocycles. The van der Waals surface area contributed by atoms with Crippen LogP contribution in [0.5, 0.6) is 0 Å². The second kappa shape index (κ2) is 6.79. The zero-order chi connectivity index (χ0) is 14.7. The van der Waals surface area contributed by atoms with E-state index < -0.39 is 0 Å². The highest BCUT2D eigenvalue weighted by Crippen LogP contribution is 2.27. The summed E-state index contributed by atoms with van der Waals surface area (Å²) < 4.78 is 0. The lowest BCUT2D eigenvalue weighted by Crippen LogP contribution is -2.52. The van der Waals surface area contributed by atoms with Gasteiger partial charge in [-0.15, -0.1) is 0 Å². The van der Waals surface area contributed by atoms with E-state index in [1.807, 2.05) is 11.8 Å². The maximum Gasteiger partial charge on any atom is 0.227 e. The number of likely N-dealkylation sites (tertiary alicyclic amines) is 1. The van der Waals surface area contributed by atoms with Gasteiger partial charge in [-0.2, -0.15) is 0 Å². The fourth-order valence-corrected chi connectivity index (χ4v) is 3.30. The quantitative estimate of drug-likeness (QED) is 0.930. The Morgan fingerprint density at radius 1 is 1.40 bits per heavy atom. The molecule has 0 spiro atoms. The number of rotatable bonds is 3. The van der Waals surface area contributed by atoms with Gasteiger partial charge < -0.3 is 10.6 Å². The molecule has 1 aliphatic heterocycles. The van der Waals surface area contributed by atoms with E-state index in [1.54, 1.807) is 18.2 Å². The Morgan fingerprint density at radius 3 is 2.65 bits per heavy atom. The smallest absolute Gasteiger partial charge is 0.227 e. The van der Waals surface area contributed by atoms with Crippen molar-refractivity contribution in [3.05, 3.63) is 33.8 Å². The lowest BCUT2D eigenvalue weighted by Gasteiger charge is -2.38. The summed E-state index contributed by atoms with van der Waals surface area (Å²) >= 11 is 12.3. The molecule has 1 fully saturated rings. The molecule has 0 aliphatic carbocycles. The molecule has 0 saturated carbocycles. The summed E-state index contributed by atoms with van der Waals surface area (Å²) in [6.07, 6.45) is 3.37. The van der Waals surface area contributed by atoms with Gasteiger partial charge >= 0.3 is 0 Å². The third-order valence-electron chi connectivity index (χ3n) is 3.87. The first-order valence-electron chi connectivity index (χ1n) is 6.98. The molecule has 0 aromatic heterocycles. The van der Waals surface area contributed by atoms with Gasteiger partial charge in [-0.3, -0.25) is 4.79 Å². The van der Waals surface area contributed by atoms with Crippen molar-refractivity contribution >= 4 is 29.1 Å². The molecule has 1 aromatic rings. The molecule has 1 heterocycles. The lowest BCUT2D eigenvalue weighted by atomic mass is 9.96. The molecular formula is C15H20Cl2N2O. The minimum atomic E-state index is -0.0130. The van der Waals surface area contributed by atoms with E-state index in [9.17, 15) is 4.79 Å². The van der Waals surface area contributed by atoms with Crippen LogP contribution in [0.2, 0.25) is 10.0 Å². The van der Waals surface area contributed by atoms with Crippen LogP contribution in [0.25, 0.3) is 0 Å². The summed E-state index contributed by atoms with van der Waals surface area (Å²) in [7, 11) is 0. The van der Waals surface area contributed by atoms with Crippen molar-refractivity contribution in [2.45, 2.75) is 44.7 Å². The summed E-state index contributed by atoms with van der Waals surface area (Å²) in [6.45, 7) is 2.73. The van der Waals surface area contributed by atoms with Crippen molar-refractivity contribution < 1.29 is 4.79 Å². The van der Waals surface area contributed by atoms with E-state index in [1.165, 1.54) is 0 Å². The highest BCUT2D eigenvalue weighted by molar-refractivity contribution is 6.36. The van der Waals surface area contributed by atoms with Gasteiger partial charge in [-0.25, -0.2) is 0 Å². The number of nitrogens with zero attached hydrogens (tertiary/aromatic N) is 1. The Kier molecular flexibility index (Phi) is 5.30. The van der Waals surface area contributed by atoms with E-state index in [0.29, 0.717) is 15.6 Å². The standard InChI is InChI=1S/C15H20Cl2N2O/c1-10(18)14-7-2-3-8-19(14)15(20)9-11-12(16)5-4-6-13(11)17/h4-6,10,14H,2-3,7-9,18H2,1H3. The van der Waals surface area contributed by atoms with E-state index in [4.69, 9.17) is 28.9 Å². The number of halogens is 2. The van der Waals surface area contributed by atoms with E-state index >= 15 is 0 Å². The first-order chi connectivity index (χ1) is 9.50. The second-order valence-electron chi connectivity index (χ2n) is 5.39. The SMILES string of the molecule is CC(N)C1CCCCN1C(=O)Cc1c(Cl)cccc1Cl. The predicted molar refractivity (Wildman–Crippen MR) is 83.2 cm³/mol. The molecule has 5 heteroatoms. The maximum absolute atomic E-state index is 12.5. The molecule has 3 nitrogen and oxygen atoms in total. The average Bonchev–Trinajstić information content (AvgIpc) is 2.43. The number of nitrogens with two attached hydrogens (primary N) is 1. The minimum Gasteiger partial charge on any atom is -0.338 e. The van der Waals surface area contributed by atoms with Crippen molar-refractivity contribution in [3.63, 3.8) is 0 Å². The van der Waals surface area contributed by atoms with E-state index in [-0.39, 0.29) is 24.4 Å². The number of piperidine rings is 1. The minimum absolute atomic E-state index is 0.0130. The first kappa shape index (κ1) is 15.6. The van der Waals surface area contributed by atoms with Crippen molar-refractivity contribution in [1.82, 2.24) is 4.90 Å². The van der Waals surface area contributed by atoms with Crippen LogP contribution < -0.4 is 5.73 Å². The van der Waals surface area contributed by atoms with Gasteiger partial charge in [-0.1, -0.05) is 29.3 Å². The van der Waals surface area contributed by atoms with Crippen molar-refractivity contribution in [2.75, 3.05) is 6.54 Å². The van der Waals surface area contributed by atoms with Crippen LogP contribution >= 0.6 is 23.2 Å². The van der Waals surface area contributed by atoms with E-state index in [0.717, 1.165) is 25.8 Å². The molecule has 0 bridgehead atoms. The Bertz CT molecular complexity index is 471. The summed E-state index contributed by atoms with van der Waals surface area (Å²) in [5.41, 5.74) is 6.71. The molecule has 20 heavy (non-hydrogen) atoms. The third kappa shape index (κ3) is 3.46. The van der Waals surface area contributed by atoms with E-state index in [2.05, 4.69) is 0 Å². The molecule has 2 N–H and O–H groups in total. The monoisotopic (exact) mass is 314 g/mol. The zero-order valence-corrected chi connectivity index (χ0v) is 13.1. The summed E-state index contributed by atoms with van der Waals surface area (Å²) in [6, 6.07) is 5.41. The van der Waals surface area contributed by atoms with Crippen LogP contribution in [0.1, 0.15) is 31.7 Å². The molecule has 1 aliphatic rings. The number of carbonyl (C=O) groups excluding carboxylic acids is 1. The van der Waals surface area contributed by atoms with Gasteiger partial charge in [0.05, 0.1) is 6.42 Å². The van der Waals surface area contributed by atoms with Crippen molar-refractivity contribution in [2.24, 2.45) is 5.73 Å². The van der Waals surface area contributed by atoms with Gasteiger partial charge in [0.25, 0.3) is 0 Å². The first-order valence-corrected chi connectivity index (χ1v) is 7.74. The lowest BCUT2D eigenvalue weighted by molar-refractivity contribution is -0.134. The number of benzene rings is 1. The van der Waals surface area contributed by atoms with Crippen molar-refractivity contribution in [3.8, 4) is 0 Å². The maximum atomic E-state index is 12.5. The van der Waals surface area contributed by atoms with Crippen LogP contribution in [0.3, 0.4) is 0 Å². The second-order valence-corrected chi connectivity index (χ2v) is 6.20. The van der Waals surface area contributed by atoms with Crippen LogP contribution in [-0.2, 0) is 11.2 Å². The molecular weight excluding hydrogens is 295 g/mol. The highest BCUT2D eigenvalue weighted by atomic mass is 35.5. The summed E-state index contributed by atoms with van der Waals surface area (Å²) in [4.78, 5) is 14.4. The number of hydrogen-bond acceptors (Lipinski definition) is 2. The Balaban J connectivity index is 2.14. The van der Waals surface area contributed by atoms with Gasteiger partial charge in [0.15, 0.2) is 0 Å². The van der Waals surface area contributed by atoms with Gasteiger partial charge in [-0.05, 0) is 43.9 Å². The summed E-state index contributed by atoms with van der Waals surface area (Å²) in [5.74, 6) is 0.0574. The largest absolute Gasteiger partial charge is 0.338 e. The topological polar surface area (TPSA) is 46.3 Å². The number of carbonyl (C=O) groups is 1. The molecule has 0 radical (unpaired) electrons. The molecule has 2 unspecified atom stereocenters. The predicted octanol–water partition coefficient (Wildman–Crippen LogP) is 3.26. The summed E-state index contributed by atoms with van der Waals surface area (Å²) in [5, 5.41) is 1.08. The fraction of sp³-hybridized carbons (Fsp3) is 0.533. The van der Waals surface area contributed by atoms with Crippen LogP contribution in [0.4, 0.5) is 0 Å². The average molecular weight is 315 g/mol. The van der Waals surface area contributed by atoms with Crippen LogP contribution in [-0.4, -0.2) is 29.4 Å². The Hall–Kier alpha value is -0.770. The van der Waals surface area contributed by atoms with Gasteiger partial charge in [0.1, 0.15) is 0 Å². The van der Waals surface area contributed by atoms with Crippen LogP contribution in [0.15, 0.2) is 18.2 Å². The molecule has 1 amide bonds. The number of hydrogen-bond donors (Lipinski definition) is 1. The highest BCUT2D eigenvalue weighted by Gasteiger charge is 2.29. The Morgan fingerprint density at radius 2 is 2.05 bits per heavy atom. The molecule has 110 valence electrons. The fourth-order valence-electron chi connectivity index (χ4n) is 2.77.